The maximum atomic E-state index is 12.4. The fourth-order valence-electron chi connectivity index (χ4n) is 3.68. The summed E-state index contributed by atoms with van der Waals surface area (Å²) in [6, 6.07) is 6.41. The number of aliphatic hydroxyl groups is 1. The molecule has 2 N–H and O–H groups in total. The van der Waals surface area contributed by atoms with Crippen LogP contribution in [-0.4, -0.2) is 64.2 Å². The molecule has 0 unspecified atom stereocenters. The number of amides is 1. The number of carbonyl (C=O) groups is 1. The van der Waals surface area contributed by atoms with E-state index in [0.29, 0.717) is 18.7 Å². The SMILES string of the molecule is O=C(c1ccc(O)cc1)N1CCN(CC2(O)CCCCC2)CC1. The fraction of sp³-hybridized carbons (Fsp3) is 0.611. The molecule has 1 saturated carbocycles. The smallest absolute Gasteiger partial charge is 0.253 e. The maximum Gasteiger partial charge on any atom is 0.253 e. The minimum absolute atomic E-state index is 0.0148. The van der Waals surface area contributed by atoms with Crippen LogP contribution >= 0.6 is 0 Å². The third kappa shape index (κ3) is 4.03. The van der Waals surface area contributed by atoms with E-state index in [1.54, 1.807) is 24.3 Å². The average Bonchev–Trinajstić information content (AvgIpc) is 2.56. The molecule has 1 amide bonds. The highest BCUT2D eigenvalue weighted by Crippen LogP contribution is 2.29. The molecule has 23 heavy (non-hydrogen) atoms. The van der Waals surface area contributed by atoms with E-state index >= 15 is 0 Å². The van der Waals surface area contributed by atoms with Crippen LogP contribution in [0, 0.1) is 0 Å². The summed E-state index contributed by atoms with van der Waals surface area (Å²) < 4.78 is 0. The van der Waals surface area contributed by atoms with Crippen LogP contribution in [0.25, 0.3) is 0 Å². The molecule has 1 aromatic carbocycles. The second-order valence-corrected chi connectivity index (χ2v) is 6.90. The van der Waals surface area contributed by atoms with Gasteiger partial charge in [0.25, 0.3) is 5.91 Å². The summed E-state index contributed by atoms with van der Waals surface area (Å²) in [6.07, 6.45) is 5.28. The van der Waals surface area contributed by atoms with Gasteiger partial charge in [0, 0.05) is 38.3 Å². The average molecular weight is 318 g/mol. The number of hydrogen-bond acceptors (Lipinski definition) is 4. The number of nitrogens with zero attached hydrogens (tertiary/aromatic N) is 2. The van der Waals surface area contributed by atoms with Crippen LogP contribution in [0.5, 0.6) is 5.75 Å². The van der Waals surface area contributed by atoms with E-state index in [2.05, 4.69) is 4.90 Å². The van der Waals surface area contributed by atoms with E-state index in [4.69, 9.17) is 0 Å². The zero-order valence-corrected chi connectivity index (χ0v) is 13.6. The molecule has 0 bridgehead atoms. The third-order valence-electron chi connectivity index (χ3n) is 5.08. The Bertz CT molecular complexity index is 530. The van der Waals surface area contributed by atoms with Gasteiger partial charge in [0.1, 0.15) is 5.75 Å². The summed E-state index contributed by atoms with van der Waals surface area (Å²) in [7, 11) is 0. The Morgan fingerprint density at radius 1 is 1.00 bits per heavy atom. The molecular formula is C18H26N2O3. The van der Waals surface area contributed by atoms with Crippen molar-refractivity contribution < 1.29 is 15.0 Å². The van der Waals surface area contributed by atoms with Crippen molar-refractivity contribution in [1.29, 1.82) is 0 Å². The van der Waals surface area contributed by atoms with E-state index in [9.17, 15) is 15.0 Å². The first kappa shape index (κ1) is 16.3. The third-order valence-corrected chi connectivity index (χ3v) is 5.08. The molecular weight excluding hydrogens is 292 g/mol. The molecule has 0 atom stereocenters. The second-order valence-electron chi connectivity index (χ2n) is 6.90. The Labute approximate surface area is 137 Å². The van der Waals surface area contributed by atoms with Gasteiger partial charge in [-0.2, -0.15) is 0 Å². The van der Waals surface area contributed by atoms with Crippen LogP contribution in [0.3, 0.4) is 0 Å². The highest BCUT2D eigenvalue weighted by Gasteiger charge is 2.33. The van der Waals surface area contributed by atoms with Crippen molar-refractivity contribution in [3.8, 4) is 5.75 Å². The Morgan fingerprint density at radius 2 is 1.61 bits per heavy atom. The van der Waals surface area contributed by atoms with Crippen LogP contribution in [0.4, 0.5) is 0 Å². The van der Waals surface area contributed by atoms with Gasteiger partial charge in [0.2, 0.25) is 0 Å². The Morgan fingerprint density at radius 3 is 2.22 bits per heavy atom. The van der Waals surface area contributed by atoms with Gasteiger partial charge in [0.15, 0.2) is 0 Å². The van der Waals surface area contributed by atoms with Crippen LogP contribution < -0.4 is 0 Å². The van der Waals surface area contributed by atoms with Gasteiger partial charge in [-0.05, 0) is 37.1 Å². The van der Waals surface area contributed by atoms with Crippen molar-refractivity contribution >= 4 is 5.91 Å². The molecule has 5 heteroatoms. The maximum absolute atomic E-state index is 12.4. The van der Waals surface area contributed by atoms with Crippen molar-refractivity contribution in [3.05, 3.63) is 29.8 Å². The second kappa shape index (κ2) is 6.89. The quantitative estimate of drug-likeness (QED) is 0.893. The molecule has 0 spiro atoms. The van der Waals surface area contributed by atoms with E-state index in [0.717, 1.165) is 45.3 Å². The predicted octanol–water partition coefficient (Wildman–Crippen LogP) is 1.85. The fourth-order valence-corrected chi connectivity index (χ4v) is 3.68. The largest absolute Gasteiger partial charge is 0.508 e. The van der Waals surface area contributed by atoms with Gasteiger partial charge in [0.05, 0.1) is 5.60 Å². The molecule has 2 fully saturated rings. The van der Waals surface area contributed by atoms with Gasteiger partial charge in [-0.15, -0.1) is 0 Å². The summed E-state index contributed by atoms with van der Waals surface area (Å²) in [5.74, 6) is 0.188. The Kier molecular flexibility index (Phi) is 4.87. The van der Waals surface area contributed by atoms with Gasteiger partial charge in [-0.3, -0.25) is 9.69 Å². The summed E-state index contributed by atoms with van der Waals surface area (Å²) in [4.78, 5) is 16.6. The molecule has 1 heterocycles. The van der Waals surface area contributed by atoms with Crippen LogP contribution in [0.15, 0.2) is 24.3 Å². The normalized spacial score (nSPS) is 22.0. The zero-order chi connectivity index (χ0) is 16.3. The Hall–Kier alpha value is -1.59. The first-order valence-corrected chi connectivity index (χ1v) is 8.59. The number of piperazine rings is 1. The van der Waals surface area contributed by atoms with Gasteiger partial charge >= 0.3 is 0 Å². The number of carbonyl (C=O) groups excluding carboxylic acids is 1. The molecule has 1 saturated heterocycles. The first-order chi connectivity index (χ1) is 11.1. The van der Waals surface area contributed by atoms with E-state index in [1.165, 1.54) is 6.42 Å². The number of β-amino-alcohol motifs (C(OH)–C–C–N with tert-alkyl or cyclic N) is 1. The van der Waals surface area contributed by atoms with Crippen molar-refractivity contribution in [3.63, 3.8) is 0 Å². The van der Waals surface area contributed by atoms with Crippen LogP contribution in [0.1, 0.15) is 42.5 Å². The lowest BCUT2D eigenvalue weighted by Crippen LogP contribution is -2.53. The van der Waals surface area contributed by atoms with Crippen molar-refractivity contribution in [1.82, 2.24) is 9.80 Å². The Balaban J connectivity index is 1.51. The molecule has 5 nitrogen and oxygen atoms in total. The summed E-state index contributed by atoms with van der Waals surface area (Å²) >= 11 is 0. The molecule has 0 aromatic heterocycles. The number of rotatable bonds is 3. The lowest BCUT2D eigenvalue weighted by Gasteiger charge is -2.41. The van der Waals surface area contributed by atoms with E-state index in [-0.39, 0.29) is 11.7 Å². The van der Waals surface area contributed by atoms with E-state index in [1.807, 2.05) is 4.90 Å². The lowest BCUT2D eigenvalue weighted by molar-refractivity contribution is -0.0339. The molecule has 126 valence electrons. The number of benzene rings is 1. The van der Waals surface area contributed by atoms with Crippen LogP contribution in [0.2, 0.25) is 0 Å². The first-order valence-electron chi connectivity index (χ1n) is 8.59. The highest BCUT2D eigenvalue weighted by molar-refractivity contribution is 5.94. The van der Waals surface area contributed by atoms with Crippen LogP contribution in [-0.2, 0) is 0 Å². The molecule has 3 rings (SSSR count). The lowest BCUT2D eigenvalue weighted by atomic mass is 9.84. The van der Waals surface area contributed by atoms with Gasteiger partial charge < -0.3 is 15.1 Å². The topological polar surface area (TPSA) is 64.0 Å². The molecule has 2 aliphatic rings. The van der Waals surface area contributed by atoms with Crippen molar-refractivity contribution in [2.75, 3.05) is 32.7 Å². The van der Waals surface area contributed by atoms with Crippen molar-refractivity contribution in [2.45, 2.75) is 37.7 Å². The van der Waals surface area contributed by atoms with E-state index < -0.39 is 5.60 Å². The van der Waals surface area contributed by atoms with Crippen molar-refractivity contribution in [2.24, 2.45) is 0 Å². The molecule has 1 aromatic rings. The summed E-state index contributed by atoms with van der Waals surface area (Å²) in [5.41, 5.74) is 0.0867. The zero-order valence-electron chi connectivity index (χ0n) is 13.6. The highest BCUT2D eigenvalue weighted by atomic mass is 16.3. The summed E-state index contributed by atoms with van der Waals surface area (Å²) in [6.45, 7) is 3.73. The number of phenols is 1. The standard InChI is InChI=1S/C18H26N2O3/c21-16-6-4-15(5-7-16)17(22)20-12-10-19(11-13-20)14-18(23)8-2-1-3-9-18/h4-7,21,23H,1-3,8-14H2. The summed E-state index contributed by atoms with van der Waals surface area (Å²) in [5, 5.41) is 20.0. The molecule has 0 radical (unpaired) electrons. The number of aromatic hydroxyl groups is 1. The number of phenolic OH excluding ortho intramolecular Hbond substituents is 1. The minimum atomic E-state index is -0.526. The molecule has 1 aliphatic heterocycles. The monoisotopic (exact) mass is 318 g/mol. The number of hydrogen-bond donors (Lipinski definition) is 2. The molecule has 1 aliphatic carbocycles. The predicted molar refractivity (Wildman–Crippen MR) is 88.5 cm³/mol. The van der Waals surface area contributed by atoms with Gasteiger partial charge in [-0.1, -0.05) is 19.3 Å². The van der Waals surface area contributed by atoms with Gasteiger partial charge in [-0.25, -0.2) is 0 Å². The minimum Gasteiger partial charge on any atom is -0.508 e.